The zero-order valence-electron chi connectivity index (χ0n) is 15.9. The minimum absolute atomic E-state index is 0.000329. The van der Waals surface area contributed by atoms with E-state index >= 15 is 0 Å². The molecule has 25 heavy (non-hydrogen) atoms. The lowest BCUT2D eigenvalue weighted by Gasteiger charge is -2.17. The molecule has 8 nitrogen and oxygen atoms in total. The maximum Gasteiger partial charge on any atom is 0.241 e. The van der Waals surface area contributed by atoms with Crippen molar-refractivity contribution < 1.29 is 9.53 Å². The predicted molar refractivity (Wildman–Crippen MR) is 97.5 cm³/mol. The van der Waals surface area contributed by atoms with E-state index in [0.717, 1.165) is 36.4 Å². The summed E-state index contributed by atoms with van der Waals surface area (Å²) in [6.45, 7) is 6.25. The number of likely N-dealkylation sites (N-methyl/N-ethyl adjacent to an activating group) is 1. The second-order valence-corrected chi connectivity index (χ2v) is 6.60. The first kappa shape index (κ1) is 19.2. The van der Waals surface area contributed by atoms with Gasteiger partial charge in [0.25, 0.3) is 0 Å². The van der Waals surface area contributed by atoms with Crippen LogP contribution < -0.4 is 10.6 Å². The van der Waals surface area contributed by atoms with Crippen LogP contribution in [0, 0.1) is 13.8 Å². The zero-order chi connectivity index (χ0) is 18.4. The van der Waals surface area contributed by atoms with Gasteiger partial charge < -0.3 is 20.3 Å². The van der Waals surface area contributed by atoms with Crippen molar-refractivity contribution >= 4 is 11.9 Å². The van der Waals surface area contributed by atoms with Crippen molar-refractivity contribution in [3.8, 4) is 0 Å². The van der Waals surface area contributed by atoms with Gasteiger partial charge in [0.1, 0.15) is 0 Å². The number of nitrogens with one attached hydrogen (secondary N) is 2. The number of hydrogen-bond donors (Lipinski definition) is 2. The highest BCUT2D eigenvalue weighted by Crippen LogP contribution is 2.13. The normalized spacial score (nSPS) is 17.6. The summed E-state index contributed by atoms with van der Waals surface area (Å²) in [7, 11) is 5.41. The maximum atomic E-state index is 11.8. The zero-order valence-corrected chi connectivity index (χ0v) is 15.9. The molecule has 2 heterocycles. The van der Waals surface area contributed by atoms with Crippen LogP contribution in [0.5, 0.6) is 0 Å². The van der Waals surface area contributed by atoms with Gasteiger partial charge in [0.15, 0.2) is 5.96 Å². The third kappa shape index (κ3) is 5.45. The first-order valence-electron chi connectivity index (χ1n) is 8.71. The molecule has 0 spiro atoms. The molecule has 1 saturated heterocycles. The molecule has 1 unspecified atom stereocenters. The second kappa shape index (κ2) is 8.84. The third-order valence-corrected chi connectivity index (χ3v) is 4.48. The maximum absolute atomic E-state index is 11.8. The number of aliphatic imine (C=N–C) groups is 1. The fraction of sp³-hybridized carbons (Fsp3) is 0.706. The van der Waals surface area contributed by atoms with Crippen LogP contribution in [0.1, 0.15) is 29.8 Å². The SMILES string of the molecule is Cc1nn(C)c(C)c1CN=C(NCC(=O)N(C)C)NCC1CCCO1. The van der Waals surface area contributed by atoms with Crippen molar-refractivity contribution in [2.24, 2.45) is 12.0 Å². The van der Waals surface area contributed by atoms with E-state index in [2.05, 4.69) is 20.7 Å². The van der Waals surface area contributed by atoms with Crippen LogP contribution >= 0.6 is 0 Å². The highest BCUT2D eigenvalue weighted by atomic mass is 16.5. The van der Waals surface area contributed by atoms with Gasteiger partial charge in [-0.1, -0.05) is 0 Å². The van der Waals surface area contributed by atoms with Crippen LogP contribution in [0.25, 0.3) is 0 Å². The Kier molecular flexibility index (Phi) is 6.81. The molecular formula is C17H30N6O2. The number of rotatable bonds is 6. The highest BCUT2D eigenvalue weighted by molar-refractivity contribution is 5.86. The summed E-state index contributed by atoms with van der Waals surface area (Å²) < 4.78 is 7.50. The lowest BCUT2D eigenvalue weighted by molar-refractivity contribution is -0.127. The fourth-order valence-corrected chi connectivity index (χ4v) is 2.71. The van der Waals surface area contributed by atoms with E-state index in [4.69, 9.17) is 4.74 Å². The summed E-state index contributed by atoms with van der Waals surface area (Å²) in [6, 6.07) is 0. The third-order valence-electron chi connectivity index (χ3n) is 4.48. The first-order valence-corrected chi connectivity index (χ1v) is 8.71. The Bertz CT molecular complexity index is 617. The highest BCUT2D eigenvalue weighted by Gasteiger charge is 2.16. The van der Waals surface area contributed by atoms with Gasteiger partial charge in [0, 0.05) is 45.6 Å². The minimum atomic E-state index is 0.000329. The number of carbonyl (C=O) groups excluding carboxylic acids is 1. The summed E-state index contributed by atoms with van der Waals surface area (Å²) in [5, 5.41) is 10.8. The van der Waals surface area contributed by atoms with Crippen molar-refractivity contribution in [1.29, 1.82) is 0 Å². The fourth-order valence-electron chi connectivity index (χ4n) is 2.71. The summed E-state index contributed by atoms with van der Waals surface area (Å²) in [6.07, 6.45) is 2.36. The Morgan fingerprint density at radius 1 is 1.40 bits per heavy atom. The smallest absolute Gasteiger partial charge is 0.241 e. The number of aromatic nitrogens is 2. The Balaban J connectivity index is 2.01. The van der Waals surface area contributed by atoms with Gasteiger partial charge in [-0.05, 0) is 26.7 Å². The molecule has 1 atom stereocenters. The molecular weight excluding hydrogens is 320 g/mol. The molecule has 2 N–H and O–H groups in total. The van der Waals surface area contributed by atoms with Crippen molar-refractivity contribution in [3.63, 3.8) is 0 Å². The van der Waals surface area contributed by atoms with Crippen LogP contribution in [-0.4, -0.2) is 66.4 Å². The summed E-state index contributed by atoms with van der Waals surface area (Å²) in [4.78, 5) is 18.0. The van der Waals surface area contributed by atoms with Crippen molar-refractivity contribution in [3.05, 3.63) is 17.0 Å². The van der Waals surface area contributed by atoms with Gasteiger partial charge in [0.05, 0.1) is 24.9 Å². The molecule has 0 aromatic carbocycles. The number of amides is 1. The van der Waals surface area contributed by atoms with E-state index in [-0.39, 0.29) is 18.6 Å². The minimum Gasteiger partial charge on any atom is -0.376 e. The summed E-state index contributed by atoms with van der Waals surface area (Å²) >= 11 is 0. The molecule has 140 valence electrons. The number of ether oxygens (including phenoxy) is 1. The molecule has 1 aromatic rings. The average molecular weight is 350 g/mol. The van der Waals surface area contributed by atoms with Gasteiger partial charge in [-0.25, -0.2) is 4.99 Å². The molecule has 0 aliphatic carbocycles. The number of guanidine groups is 1. The molecule has 8 heteroatoms. The standard InChI is InChI=1S/C17H30N6O2/c1-12-15(13(2)23(5)21-12)10-19-17(20-11-16(24)22(3)4)18-9-14-7-6-8-25-14/h14H,6-11H2,1-5H3,(H2,18,19,20). The number of nitrogens with zero attached hydrogens (tertiary/aromatic N) is 4. The van der Waals surface area contributed by atoms with Crippen LogP contribution in [0.3, 0.4) is 0 Å². The number of carbonyl (C=O) groups is 1. The molecule has 1 aromatic heterocycles. The van der Waals surface area contributed by atoms with Gasteiger partial charge in [-0.15, -0.1) is 0 Å². The van der Waals surface area contributed by atoms with E-state index in [1.54, 1.807) is 19.0 Å². The molecule has 0 bridgehead atoms. The largest absolute Gasteiger partial charge is 0.376 e. The van der Waals surface area contributed by atoms with E-state index in [9.17, 15) is 4.79 Å². The lowest BCUT2D eigenvalue weighted by atomic mass is 10.2. The molecule has 0 saturated carbocycles. The lowest BCUT2D eigenvalue weighted by Crippen LogP contribution is -2.45. The molecule has 1 aliphatic rings. The first-order chi connectivity index (χ1) is 11.9. The Hall–Kier alpha value is -2.09. The van der Waals surface area contributed by atoms with Gasteiger partial charge >= 0.3 is 0 Å². The van der Waals surface area contributed by atoms with Crippen LogP contribution in [0.2, 0.25) is 0 Å². The average Bonchev–Trinajstić information content (AvgIpc) is 3.16. The number of aryl methyl sites for hydroxylation is 2. The van der Waals surface area contributed by atoms with Crippen LogP contribution in [-0.2, 0) is 23.1 Å². The van der Waals surface area contributed by atoms with Crippen molar-refractivity contribution in [2.75, 3.05) is 33.8 Å². The molecule has 2 rings (SSSR count). The molecule has 0 radical (unpaired) electrons. The molecule has 1 amide bonds. The van der Waals surface area contributed by atoms with Crippen molar-refractivity contribution in [2.45, 2.75) is 39.3 Å². The quantitative estimate of drug-likeness (QED) is 0.571. The Labute approximate surface area is 149 Å². The Morgan fingerprint density at radius 2 is 2.16 bits per heavy atom. The summed E-state index contributed by atoms with van der Waals surface area (Å²) in [5.41, 5.74) is 3.19. The predicted octanol–water partition coefficient (Wildman–Crippen LogP) is 0.339. The second-order valence-electron chi connectivity index (χ2n) is 6.60. The summed E-state index contributed by atoms with van der Waals surface area (Å²) in [5.74, 6) is 0.619. The monoisotopic (exact) mass is 350 g/mol. The topological polar surface area (TPSA) is 83.8 Å². The van der Waals surface area contributed by atoms with Gasteiger partial charge in [0.2, 0.25) is 5.91 Å². The van der Waals surface area contributed by atoms with E-state index in [1.807, 2.05) is 25.6 Å². The van der Waals surface area contributed by atoms with Gasteiger partial charge in [-0.3, -0.25) is 9.48 Å². The van der Waals surface area contributed by atoms with Crippen LogP contribution in [0.15, 0.2) is 4.99 Å². The van der Waals surface area contributed by atoms with E-state index in [1.165, 1.54) is 0 Å². The van der Waals surface area contributed by atoms with Crippen LogP contribution in [0.4, 0.5) is 0 Å². The molecule has 1 fully saturated rings. The van der Waals surface area contributed by atoms with Gasteiger partial charge in [-0.2, -0.15) is 5.10 Å². The van der Waals surface area contributed by atoms with Crippen molar-refractivity contribution in [1.82, 2.24) is 25.3 Å². The van der Waals surface area contributed by atoms with E-state index < -0.39 is 0 Å². The van der Waals surface area contributed by atoms with E-state index in [0.29, 0.717) is 19.0 Å². The Morgan fingerprint density at radius 3 is 2.72 bits per heavy atom. The number of hydrogen-bond acceptors (Lipinski definition) is 4. The molecule has 1 aliphatic heterocycles.